The van der Waals surface area contributed by atoms with Gasteiger partial charge in [-0.25, -0.2) is 0 Å². The third-order valence-corrected chi connectivity index (χ3v) is 2.31. The van der Waals surface area contributed by atoms with Crippen LogP contribution in [0, 0.1) is 0 Å². The van der Waals surface area contributed by atoms with Gasteiger partial charge in [0.15, 0.2) is 0 Å². The minimum Gasteiger partial charge on any atom is -0.325 e. The predicted octanol–water partition coefficient (Wildman–Crippen LogP) is 3.13. The van der Waals surface area contributed by atoms with Gasteiger partial charge in [0.05, 0.1) is 16.6 Å². The lowest BCUT2D eigenvalue weighted by molar-refractivity contribution is -0.142. The Morgan fingerprint density at radius 2 is 2.19 bits per heavy atom. The van der Waals surface area contributed by atoms with Crippen molar-refractivity contribution >= 4 is 27.5 Å². The van der Waals surface area contributed by atoms with Crippen LogP contribution in [0.15, 0.2) is 22.9 Å². The molecule has 7 heteroatoms. The van der Waals surface area contributed by atoms with E-state index in [9.17, 15) is 18.0 Å². The Hall–Kier alpha value is -1.11. The summed E-state index contributed by atoms with van der Waals surface area (Å²) in [7, 11) is 0. The zero-order valence-electron chi connectivity index (χ0n) is 8.01. The molecule has 16 heavy (non-hydrogen) atoms. The molecule has 1 N–H and O–H groups in total. The van der Waals surface area contributed by atoms with Gasteiger partial charge in [-0.05, 0) is 22.0 Å². The van der Waals surface area contributed by atoms with E-state index in [1.54, 1.807) is 0 Å². The highest BCUT2D eigenvalue weighted by Gasteiger charge is 2.27. The van der Waals surface area contributed by atoms with Crippen molar-refractivity contribution in [2.75, 3.05) is 5.32 Å². The lowest BCUT2D eigenvalue weighted by atomic mass is 10.3. The third-order valence-electron chi connectivity index (χ3n) is 1.68. The second kappa shape index (κ2) is 5.29. The fraction of sp³-hybridized carbons (Fsp3) is 0.333. The molecule has 0 aliphatic rings. The highest BCUT2D eigenvalue weighted by molar-refractivity contribution is 9.10. The van der Waals surface area contributed by atoms with Crippen molar-refractivity contribution in [3.8, 4) is 0 Å². The van der Waals surface area contributed by atoms with Crippen molar-refractivity contribution in [3.63, 3.8) is 0 Å². The van der Waals surface area contributed by atoms with Crippen LogP contribution in [-0.2, 0) is 4.79 Å². The van der Waals surface area contributed by atoms with E-state index < -0.39 is 24.9 Å². The minimum absolute atomic E-state index is 0.405. The van der Waals surface area contributed by atoms with Gasteiger partial charge in [0.1, 0.15) is 0 Å². The van der Waals surface area contributed by atoms with Crippen molar-refractivity contribution in [2.45, 2.75) is 19.0 Å². The van der Waals surface area contributed by atoms with Gasteiger partial charge in [-0.15, -0.1) is 0 Å². The van der Waals surface area contributed by atoms with E-state index in [-0.39, 0.29) is 0 Å². The van der Waals surface area contributed by atoms with Crippen LogP contribution < -0.4 is 5.32 Å². The van der Waals surface area contributed by atoms with Crippen molar-refractivity contribution in [3.05, 3.63) is 22.9 Å². The number of carbonyl (C=O) groups is 1. The van der Waals surface area contributed by atoms with Crippen LogP contribution in [-0.4, -0.2) is 17.1 Å². The molecule has 1 rings (SSSR count). The molecule has 0 aliphatic heterocycles. The van der Waals surface area contributed by atoms with Crippen LogP contribution in [0.1, 0.15) is 12.8 Å². The van der Waals surface area contributed by atoms with Crippen LogP contribution >= 0.6 is 15.9 Å². The van der Waals surface area contributed by atoms with E-state index in [1.807, 2.05) is 0 Å². The number of alkyl halides is 3. The molecule has 1 aromatic heterocycles. The molecule has 0 fully saturated rings. The van der Waals surface area contributed by atoms with Crippen LogP contribution in [0.5, 0.6) is 0 Å². The van der Waals surface area contributed by atoms with Gasteiger partial charge in [-0.2, -0.15) is 13.2 Å². The molecule has 88 valence electrons. The fourth-order valence-corrected chi connectivity index (χ4v) is 1.29. The van der Waals surface area contributed by atoms with Crippen LogP contribution in [0.25, 0.3) is 0 Å². The van der Waals surface area contributed by atoms with Crippen LogP contribution in [0.2, 0.25) is 0 Å². The average molecular weight is 297 g/mol. The third kappa shape index (κ3) is 4.61. The summed E-state index contributed by atoms with van der Waals surface area (Å²) in [5.74, 6) is -0.677. The van der Waals surface area contributed by atoms with Gasteiger partial charge >= 0.3 is 6.18 Å². The summed E-state index contributed by atoms with van der Waals surface area (Å²) in [6.07, 6.45) is -3.14. The van der Waals surface area contributed by atoms with Gasteiger partial charge in [-0.3, -0.25) is 9.78 Å². The Labute approximate surface area is 98.2 Å². The molecule has 0 spiro atoms. The van der Waals surface area contributed by atoms with Crippen molar-refractivity contribution in [1.82, 2.24) is 4.98 Å². The maximum atomic E-state index is 11.8. The van der Waals surface area contributed by atoms with Gasteiger partial charge in [0, 0.05) is 18.8 Å². The largest absolute Gasteiger partial charge is 0.389 e. The smallest absolute Gasteiger partial charge is 0.325 e. The summed E-state index contributed by atoms with van der Waals surface area (Å²) in [5, 5.41) is 2.36. The summed E-state index contributed by atoms with van der Waals surface area (Å²) < 4.78 is 36.0. The number of pyridine rings is 1. The van der Waals surface area contributed by atoms with E-state index >= 15 is 0 Å². The molecule has 1 heterocycles. The van der Waals surface area contributed by atoms with Gasteiger partial charge < -0.3 is 5.32 Å². The number of hydrogen-bond donors (Lipinski definition) is 1. The van der Waals surface area contributed by atoms with Crippen LogP contribution in [0.4, 0.5) is 18.9 Å². The van der Waals surface area contributed by atoms with Gasteiger partial charge in [-0.1, -0.05) is 0 Å². The van der Waals surface area contributed by atoms with E-state index in [4.69, 9.17) is 0 Å². The molecule has 0 aliphatic carbocycles. The Morgan fingerprint density at radius 3 is 2.75 bits per heavy atom. The predicted molar refractivity (Wildman–Crippen MR) is 55.9 cm³/mol. The molecular formula is C9H8BrF3N2O. The lowest BCUT2D eigenvalue weighted by Gasteiger charge is -2.08. The Kier molecular flexibility index (Phi) is 4.28. The van der Waals surface area contributed by atoms with Crippen molar-refractivity contribution in [2.24, 2.45) is 0 Å². The Balaban J connectivity index is 2.50. The molecular weight excluding hydrogens is 289 g/mol. The second-order valence-electron chi connectivity index (χ2n) is 3.02. The lowest BCUT2D eigenvalue weighted by Crippen LogP contribution is -2.16. The van der Waals surface area contributed by atoms with Gasteiger partial charge in [0.2, 0.25) is 5.91 Å². The molecule has 0 atom stereocenters. The molecule has 0 bridgehead atoms. The maximum absolute atomic E-state index is 11.8. The number of carbonyl (C=O) groups excluding carboxylic acids is 1. The first-order valence-corrected chi connectivity index (χ1v) is 5.14. The summed E-state index contributed by atoms with van der Waals surface area (Å²) >= 11 is 3.12. The zero-order valence-corrected chi connectivity index (χ0v) is 9.60. The fourth-order valence-electron chi connectivity index (χ4n) is 0.945. The number of hydrogen-bond acceptors (Lipinski definition) is 2. The standard InChI is InChI=1S/C9H8BrF3N2O/c10-6-5-14-4-2-7(6)15-8(16)1-3-9(11,12)13/h2,4-5H,1,3H2,(H,14,15,16). The number of nitrogens with one attached hydrogen (secondary N) is 1. The molecule has 0 saturated carbocycles. The van der Waals surface area contributed by atoms with Crippen molar-refractivity contribution < 1.29 is 18.0 Å². The molecule has 3 nitrogen and oxygen atoms in total. The van der Waals surface area contributed by atoms with Crippen molar-refractivity contribution in [1.29, 1.82) is 0 Å². The molecule has 0 saturated heterocycles. The quantitative estimate of drug-likeness (QED) is 0.931. The zero-order chi connectivity index (χ0) is 12.2. The average Bonchev–Trinajstić information content (AvgIpc) is 2.18. The number of aromatic nitrogens is 1. The van der Waals surface area contributed by atoms with E-state index in [0.29, 0.717) is 10.2 Å². The summed E-state index contributed by atoms with van der Waals surface area (Å²) in [6.45, 7) is 0. The Morgan fingerprint density at radius 1 is 1.50 bits per heavy atom. The van der Waals surface area contributed by atoms with Crippen LogP contribution in [0.3, 0.4) is 0 Å². The molecule has 1 aromatic rings. The number of nitrogens with zero attached hydrogens (tertiary/aromatic N) is 1. The first kappa shape index (κ1) is 13.0. The van der Waals surface area contributed by atoms with Gasteiger partial charge in [0.25, 0.3) is 0 Å². The SMILES string of the molecule is O=C(CCC(F)(F)F)Nc1ccncc1Br. The maximum Gasteiger partial charge on any atom is 0.389 e. The summed E-state index contributed by atoms with van der Waals surface area (Å²) in [6, 6.07) is 1.50. The highest BCUT2D eigenvalue weighted by Crippen LogP contribution is 2.23. The minimum atomic E-state index is -4.31. The number of anilines is 1. The van der Waals surface area contributed by atoms with E-state index in [1.165, 1.54) is 18.5 Å². The van der Waals surface area contributed by atoms with E-state index in [2.05, 4.69) is 26.2 Å². The second-order valence-corrected chi connectivity index (χ2v) is 3.87. The number of halogens is 4. The topological polar surface area (TPSA) is 42.0 Å². The summed E-state index contributed by atoms with van der Waals surface area (Å²) in [5.41, 5.74) is 0.405. The number of amides is 1. The molecule has 0 unspecified atom stereocenters. The molecule has 0 aromatic carbocycles. The highest BCUT2D eigenvalue weighted by atomic mass is 79.9. The normalized spacial score (nSPS) is 11.2. The molecule has 1 amide bonds. The summed E-state index contributed by atoms with van der Waals surface area (Å²) in [4.78, 5) is 14.9. The number of rotatable bonds is 3. The first-order valence-electron chi connectivity index (χ1n) is 4.34. The van der Waals surface area contributed by atoms with E-state index in [0.717, 1.165) is 0 Å². The molecule has 0 radical (unpaired) electrons. The monoisotopic (exact) mass is 296 g/mol. The Bertz CT molecular complexity index is 381. The first-order chi connectivity index (χ1) is 7.38.